The fourth-order valence-corrected chi connectivity index (χ4v) is 0. The van der Waals surface area contributed by atoms with E-state index in [0.29, 0.717) is 0 Å². The molecule has 0 N–H and O–H groups in total. The van der Waals surface area contributed by atoms with Crippen LogP contribution in [0.5, 0.6) is 0 Å². The van der Waals surface area contributed by atoms with Gasteiger partial charge in [0.15, 0.2) is 0 Å². The molecule has 104 valence electrons. The Bertz CT molecular complexity index is 26.6. The van der Waals surface area contributed by atoms with Gasteiger partial charge in [-0.2, -0.15) is 0 Å². The molecule has 13 nitrogen and oxygen atoms in total. The summed E-state index contributed by atoms with van der Waals surface area (Å²) in [6, 6.07) is 0. The van der Waals surface area contributed by atoms with Gasteiger partial charge in [-0.25, -0.2) is 0 Å². The van der Waals surface area contributed by atoms with E-state index >= 15 is 0 Å². The summed E-state index contributed by atoms with van der Waals surface area (Å²) >= 11 is 0. The zero-order chi connectivity index (χ0) is 0. The first-order valence-corrected chi connectivity index (χ1v) is 0. The van der Waals surface area contributed by atoms with Crippen LogP contribution >= 0.6 is 0 Å². The van der Waals surface area contributed by atoms with E-state index in [1.807, 2.05) is 0 Å². The topological polar surface area (TPSA) is 370 Å². The molecule has 0 saturated carbocycles. The van der Waals surface area contributed by atoms with Gasteiger partial charge in [0.2, 0.25) is 0 Å². The van der Waals surface area contributed by atoms with Crippen LogP contribution in [0.4, 0.5) is 0 Å². The van der Waals surface area contributed by atoms with Crippen molar-refractivity contribution in [2.24, 2.45) is 0 Å². The van der Waals surface area contributed by atoms with Gasteiger partial charge in [0.25, 0.3) is 0 Å². The molecular weight excluding hydrogens is 901 g/mol. The van der Waals surface area contributed by atoms with Gasteiger partial charge in [0.1, 0.15) is 0 Å². The summed E-state index contributed by atoms with van der Waals surface area (Å²) in [7, 11) is 0. The number of hydrogen-bond acceptors (Lipinski definition) is 0. The van der Waals surface area contributed by atoms with Crippen LogP contribution in [-0.4, -0.2) is 51.7 Å². The number of rotatable bonds is 0. The molecule has 0 spiro atoms. The predicted octanol–water partition coefficient (Wildman–Crippen LogP) is -2.32. The molecule has 0 saturated heterocycles. The summed E-state index contributed by atoms with van der Waals surface area (Å²) in [4.78, 5) is 0. The van der Waals surface area contributed by atoms with Crippen molar-refractivity contribution in [3.05, 3.63) is 0 Å². The molecule has 0 aromatic heterocycles. The van der Waals surface area contributed by atoms with E-state index in [4.69, 9.17) is 0 Å². The van der Waals surface area contributed by atoms with Gasteiger partial charge < -0.3 is 71.2 Å². The van der Waals surface area contributed by atoms with Crippen LogP contribution in [-0.2, 0) is 157 Å². The van der Waals surface area contributed by atoms with Gasteiger partial charge in [-0.15, -0.1) is 0 Å². The molecule has 0 radical (unpaired) electrons. The normalized spacial score (nSPS) is 0. The first kappa shape index (κ1) is 689. The van der Waals surface area contributed by atoms with Gasteiger partial charge in [0, 0.05) is 0 Å². The molecule has 0 aromatic rings. The van der Waals surface area contributed by atoms with Crippen molar-refractivity contribution in [1.29, 1.82) is 0 Å². The van der Waals surface area contributed by atoms with Crippen LogP contribution in [0.1, 0.15) is 0 Å². The maximum absolute atomic E-state index is 0. The average molecular weight is 901 g/mol. The maximum atomic E-state index is 0. The van der Waals surface area contributed by atoms with Crippen molar-refractivity contribution in [3.8, 4) is 0 Å². The minimum atomic E-state index is 0. The largest absolute Gasteiger partial charge is 6.00 e. The number of hydrogen-bond donors (Lipinski definition) is 0. The Morgan fingerprint density at radius 2 is 0.211 bits per heavy atom. The summed E-state index contributed by atoms with van der Waals surface area (Å²) in [6.07, 6.45) is 0. The Balaban J connectivity index is 0. The molecule has 0 rings (SSSR count). The minimum Gasteiger partial charge on any atom is -2.00 e. The standard InChI is InChI=1S/2In.13O.2Ti.2W/q2*+3;13*-2;2*+4;2*+6. The molecule has 0 amide bonds. The fourth-order valence-electron chi connectivity index (χ4n) is 0. The zero-order valence-electron chi connectivity index (χ0n) is 8.28. The van der Waals surface area contributed by atoms with E-state index in [0.717, 1.165) is 0 Å². The third-order valence-electron chi connectivity index (χ3n) is 0. The van der Waals surface area contributed by atoms with Gasteiger partial charge in [-0.3, -0.25) is 0 Å². The molecule has 19 heteroatoms. The second-order valence-electron chi connectivity index (χ2n) is 0. The summed E-state index contributed by atoms with van der Waals surface area (Å²) in [5, 5.41) is 0. The molecule has 0 fully saturated rings. The van der Waals surface area contributed by atoms with E-state index in [2.05, 4.69) is 0 Å². The Labute approximate surface area is 205 Å². The molecule has 0 atom stereocenters. The molecule has 0 heterocycles. The maximum Gasteiger partial charge on any atom is 6.00 e. The first-order chi connectivity index (χ1) is 0. The summed E-state index contributed by atoms with van der Waals surface area (Å²) in [5.41, 5.74) is 0. The van der Waals surface area contributed by atoms with Crippen molar-refractivity contribution < 1.29 is 157 Å². The molecular formula is In2O13Ti2W2. The van der Waals surface area contributed by atoms with E-state index in [9.17, 15) is 0 Å². The van der Waals surface area contributed by atoms with E-state index < -0.39 is 0 Å². The van der Waals surface area contributed by atoms with E-state index in [1.54, 1.807) is 0 Å². The Kier molecular flexibility index (Phi) is 21800. The van der Waals surface area contributed by atoms with Crippen molar-refractivity contribution in [1.82, 2.24) is 0 Å². The monoisotopic (exact) mass is 902 g/mol. The molecule has 0 bridgehead atoms. The van der Waals surface area contributed by atoms with Crippen LogP contribution in [0.25, 0.3) is 0 Å². The first-order valence-electron chi connectivity index (χ1n) is 0. The van der Waals surface area contributed by atoms with Crippen LogP contribution in [0.2, 0.25) is 0 Å². The smallest absolute Gasteiger partial charge is 2.00 e. The van der Waals surface area contributed by atoms with Crippen molar-refractivity contribution in [2.75, 3.05) is 0 Å². The van der Waals surface area contributed by atoms with Gasteiger partial charge in [0.05, 0.1) is 0 Å². The molecule has 0 aliphatic heterocycles. The van der Waals surface area contributed by atoms with Gasteiger partial charge >= 0.3 is 137 Å². The Hall–Kier alpha value is 4.03. The SMILES string of the molecule is [In+3].[In+3].[O-2].[O-2].[O-2].[O-2].[O-2].[O-2].[O-2].[O-2].[O-2].[O-2].[O-2].[O-2].[O-2].[Ti+4].[Ti+4].[W+6].[W+6]. The van der Waals surface area contributed by atoms with Crippen LogP contribution < -0.4 is 0 Å². The Morgan fingerprint density at radius 1 is 0.211 bits per heavy atom. The van der Waals surface area contributed by atoms with Crippen LogP contribution in [0, 0.1) is 0 Å². The second-order valence-corrected chi connectivity index (χ2v) is 0. The van der Waals surface area contributed by atoms with Gasteiger partial charge in [-0.05, 0) is 0 Å². The predicted molar refractivity (Wildman–Crippen MR) is 20.4 cm³/mol. The summed E-state index contributed by atoms with van der Waals surface area (Å²) in [5.74, 6) is 0. The molecule has 0 aliphatic carbocycles. The average Bonchev–Trinajstić information content (AvgIpc) is 0. The minimum absolute atomic E-state index is 0. The second kappa shape index (κ2) is 601. The zero-order valence-corrected chi connectivity index (χ0v) is 23.9. The van der Waals surface area contributed by atoms with E-state index in [1.165, 1.54) is 0 Å². The van der Waals surface area contributed by atoms with Crippen molar-refractivity contribution in [3.63, 3.8) is 0 Å². The van der Waals surface area contributed by atoms with Crippen molar-refractivity contribution in [2.45, 2.75) is 0 Å². The van der Waals surface area contributed by atoms with Crippen LogP contribution in [0.3, 0.4) is 0 Å². The quantitative estimate of drug-likeness (QED) is 0.231. The molecule has 19 heavy (non-hydrogen) atoms. The summed E-state index contributed by atoms with van der Waals surface area (Å²) < 4.78 is 0. The summed E-state index contributed by atoms with van der Waals surface area (Å²) in [6.45, 7) is 0. The third-order valence-corrected chi connectivity index (χ3v) is 0. The Morgan fingerprint density at radius 3 is 0.211 bits per heavy atom. The van der Waals surface area contributed by atoms with Crippen molar-refractivity contribution >= 4 is 51.7 Å². The molecule has 0 aliphatic rings. The van der Waals surface area contributed by atoms with E-state index in [-0.39, 0.29) is 208 Å². The van der Waals surface area contributed by atoms with Crippen LogP contribution in [0.15, 0.2) is 0 Å². The fraction of sp³-hybridized carbons (Fsp3) is 0. The molecule has 0 aromatic carbocycles. The molecule has 0 unspecified atom stereocenters. The third kappa shape index (κ3) is 545. The van der Waals surface area contributed by atoms with Gasteiger partial charge in [-0.1, -0.05) is 0 Å².